The molecule has 1 aliphatic heterocycles. The van der Waals surface area contributed by atoms with Gasteiger partial charge in [0.15, 0.2) is 0 Å². The average molecular weight is 446 g/mol. The Labute approximate surface area is 171 Å². The first kappa shape index (κ1) is 22.5. The molecule has 1 amide bonds. The number of ether oxygens (including phenoxy) is 1. The molecule has 2 aromatic heterocycles. The summed E-state index contributed by atoms with van der Waals surface area (Å²) in [6.07, 6.45) is -7.49. The van der Waals surface area contributed by atoms with E-state index in [2.05, 4.69) is 10.1 Å². The maximum Gasteiger partial charge on any atom is 0.471 e. The van der Waals surface area contributed by atoms with Gasteiger partial charge in [0.05, 0.1) is 24.9 Å². The molecule has 5 atom stereocenters. The van der Waals surface area contributed by atoms with E-state index in [0.717, 1.165) is 10.8 Å². The van der Waals surface area contributed by atoms with E-state index in [9.17, 15) is 38.1 Å². The highest BCUT2D eigenvalue weighted by Gasteiger charge is 2.48. The van der Waals surface area contributed by atoms with Crippen LogP contribution in [0.4, 0.5) is 13.2 Å². The van der Waals surface area contributed by atoms with Gasteiger partial charge in [-0.1, -0.05) is 0 Å². The van der Waals surface area contributed by atoms with Crippen LogP contribution >= 0.6 is 0 Å². The van der Waals surface area contributed by atoms with Gasteiger partial charge >= 0.3 is 18.1 Å². The van der Waals surface area contributed by atoms with Crippen LogP contribution in [0.3, 0.4) is 0 Å². The van der Waals surface area contributed by atoms with Crippen LogP contribution in [-0.4, -0.2) is 84.2 Å². The van der Waals surface area contributed by atoms with Gasteiger partial charge in [-0.15, -0.1) is 0 Å². The summed E-state index contributed by atoms with van der Waals surface area (Å²) in [4.78, 5) is 27.2. The number of rotatable bonds is 6. The molecule has 5 N–H and O–H groups in total. The van der Waals surface area contributed by atoms with Gasteiger partial charge in [-0.3, -0.25) is 14.5 Å². The third kappa shape index (κ3) is 4.60. The molecule has 11 nitrogen and oxygen atoms in total. The van der Waals surface area contributed by atoms with Crippen molar-refractivity contribution in [3.05, 3.63) is 36.4 Å². The number of pyridine rings is 1. The minimum Gasteiger partial charge on any atom is -0.478 e. The SMILES string of the molecule is O=C(O)C1=C[C@H](n2cc3ncccc3n2)[C@@H](NC(=O)C(F)(F)F)[C@H](C(O)C(O)CO)O1. The summed E-state index contributed by atoms with van der Waals surface area (Å²) < 4.78 is 44.9. The Kier molecular flexibility index (Phi) is 6.15. The van der Waals surface area contributed by atoms with E-state index >= 15 is 0 Å². The Bertz CT molecular complexity index is 976. The zero-order valence-corrected chi connectivity index (χ0v) is 15.5. The first-order valence-corrected chi connectivity index (χ1v) is 8.79. The second kappa shape index (κ2) is 8.49. The number of aromatic nitrogens is 3. The highest BCUT2D eigenvalue weighted by Crippen LogP contribution is 2.31. The molecule has 0 fully saturated rings. The van der Waals surface area contributed by atoms with Gasteiger partial charge in [0.2, 0.25) is 5.76 Å². The number of halogens is 3. The maximum absolute atomic E-state index is 12.9. The van der Waals surface area contributed by atoms with Gasteiger partial charge in [0.25, 0.3) is 0 Å². The molecule has 0 aromatic carbocycles. The van der Waals surface area contributed by atoms with Gasteiger partial charge in [-0.25, -0.2) is 4.79 Å². The zero-order valence-electron chi connectivity index (χ0n) is 15.5. The van der Waals surface area contributed by atoms with Crippen molar-refractivity contribution in [2.75, 3.05) is 6.61 Å². The summed E-state index contributed by atoms with van der Waals surface area (Å²) >= 11 is 0. The molecule has 0 spiro atoms. The van der Waals surface area contributed by atoms with Gasteiger partial charge in [0.1, 0.15) is 29.3 Å². The Morgan fingerprint density at radius 2 is 2.00 bits per heavy atom. The lowest BCUT2D eigenvalue weighted by Crippen LogP contribution is -2.60. The van der Waals surface area contributed by atoms with E-state index < -0.39 is 60.8 Å². The Hall–Kier alpha value is -3.23. The third-order valence-electron chi connectivity index (χ3n) is 4.59. The lowest BCUT2D eigenvalue weighted by atomic mass is 9.92. The number of carbonyl (C=O) groups is 2. The molecule has 14 heteroatoms. The number of aliphatic hydroxyl groups is 3. The van der Waals surface area contributed by atoms with Crippen molar-refractivity contribution in [1.29, 1.82) is 0 Å². The third-order valence-corrected chi connectivity index (χ3v) is 4.59. The molecule has 31 heavy (non-hydrogen) atoms. The number of nitrogens with zero attached hydrogens (tertiary/aromatic N) is 3. The number of hydrogen-bond donors (Lipinski definition) is 5. The summed E-state index contributed by atoms with van der Waals surface area (Å²) in [6, 6.07) is -0.0194. The van der Waals surface area contributed by atoms with Crippen molar-refractivity contribution >= 4 is 22.9 Å². The fourth-order valence-corrected chi connectivity index (χ4v) is 3.11. The van der Waals surface area contributed by atoms with Crippen LogP contribution in [-0.2, 0) is 14.3 Å². The average Bonchev–Trinajstić information content (AvgIpc) is 3.15. The minimum atomic E-state index is -5.30. The molecule has 168 valence electrons. The van der Waals surface area contributed by atoms with E-state index in [-0.39, 0.29) is 0 Å². The lowest BCUT2D eigenvalue weighted by Gasteiger charge is -2.40. The zero-order chi connectivity index (χ0) is 22.9. The molecule has 2 aromatic rings. The van der Waals surface area contributed by atoms with Crippen molar-refractivity contribution in [1.82, 2.24) is 20.1 Å². The number of fused-ring (bicyclic) bond motifs is 1. The van der Waals surface area contributed by atoms with E-state index in [1.807, 2.05) is 0 Å². The molecular weight excluding hydrogens is 429 g/mol. The summed E-state index contributed by atoms with van der Waals surface area (Å²) in [6.45, 7) is -1.01. The molecular formula is C17H17F3N4O7. The number of carboxylic acid groups (broad SMARTS) is 1. The van der Waals surface area contributed by atoms with Crippen molar-refractivity contribution in [2.24, 2.45) is 0 Å². The van der Waals surface area contributed by atoms with Gasteiger partial charge < -0.3 is 30.5 Å². The Morgan fingerprint density at radius 1 is 1.29 bits per heavy atom. The molecule has 0 bridgehead atoms. The quantitative estimate of drug-likeness (QED) is 0.378. The minimum absolute atomic E-state index is 0.327. The van der Waals surface area contributed by atoms with E-state index in [1.165, 1.54) is 12.4 Å². The molecule has 0 saturated heterocycles. The summed E-state index contributed by atoms with van der Waals surface area (Å²) in [5.74, 6) is -4.76. The van der Waals surface area contributed by atoms with Crippen molar-refractivity contribution in [2.45, 2.75) is 36.6 Å². The smallest absolute Gasteiger partial charge is 0.471 e. The van der Waals surface area contributed by atoms with Crippen LogP contribution in [0.5, 0.6) is 0 Å². The predicted molar refractivity (Wildman–Crippen MR) is 94.2 cm³/mol. The number of carbonyl (C=O) groups excluding carboxylic acids is 1. The molecule has 2 unspecified atom stereocenters. The first-order chi connectivity index (χ1) is 14.5. The van der Waals surface area contributed by atoms with Crippen LogP contribution < -0.4 is 5.32 Å². The maximum atomic E-state index is 12.9. The number of carboxylic acids is 1. The fraction of sp³-hybridized carbons (Fsp3) is 0.412. The van der Waals surface area contributed by atoms with Gasteiger partial charge in [0, 0.05) is 6.20 Å². The first-order valence-electron chi connectivity index (χ1n) is 8.79. The molecule has 3 heterocycles. The number of nitrogens with one attached hydrogen (secondary N) is 1. The van der Waals surface area contributed by atoms with Gasteiger partial charge in [-0.2, -0.15) is 18.3 Å². The molecule has 1 aliphatic rings. The van der Waals surface area contributed by atoms with Crippen molar-refractivity contribution in [3.8, 4) is 0 Å². The van der Waals surface area contributed by atoms with E-state index in [1.54, 1.807) is 17.4 Å². The van der Waals surface area contributed by atoms with E-state index in [4.69, 9.17) is 9.84 Å². The second-order valence-electron chi connectivity index (χ2n) is 6.66. The molecule has 0 saturated carbocycles. The van der Waals surface area contributed by atoms with Crippen LogP contribution in [0.25, 0.3) is 11.0 Å². The highest BCUT2D eigenvalue weighted by atomic mass is 19.4. The lowest BCUT2D eigenvalue weighted by molar-refractivity contribution is -0.178. The van der Waals surface area contributed by atoms with Crippen LogP contribution in [0.15, 0.2) is 36.4 Å². The highest BCUT2D eigenvalue weighted by molar-refractivity contribution is 5.85. The molecule has 0 aliphatic carbocycles. The van der Waals surface area contributed by atoms with Gasteiger partial charge in [-0.05, 0) is 18.2 Å². The normalized spacial score (nSPS) is 23.5. The van der Waals surface area contributed by atoms with E-state index in [0.29, 0.717) is 11.0 Å². The fourth-order valence-electron chi connectivity index (χ4n) is 3.11. The summed E-state index contributed by atoms with van der Waals surface area (Å²) in [5.41, 5.74) is 0.653. The number of aliphatic hydroxyl groups excluding tert-OH is 3. The van der Waals surface area contributed by atoms with Crippen LogP contribution in [0, 0.1) is 0 Å². The monoisotopic (exact) mass is 446 g/mol. The number of amides is 1. The largest absolute Gasteiger partial charge is 0.478 e. The Balaban J connectivity index is 2.11. The topological polar surface area (TPSA) is 167 Å². The Morgan fingerprint density at radius 3 is 2.58 bits per heavy atom. The number of aliphatic carboxylic acids is 1. The van der Waals surface area contributed by atoms with Crippen LogP contribution in [0.2, 0.25) is 0 Å². The second-order valence-corrected chi connectivity index (χ2v) is 6.66. The molecule has 3 rings (SSSR count). The van der Waals surface area contributed by atoms with Crippen molar-refractivity contribution < 1.29 is 47.9 Å². The summed E-state index contributed by atoms with van der Waals surface area (Å²) in [5, 5.41) is 44.3. The predicted octanol–water partition coefficient (Wildman–Crippen LogP) is -0.899. The standard InChI is InChI=1S/C17H17F3N4O7/c18-17(19,20)16(30)22-12-9(24-5-8-7(23-24)2-1-3-21-8)4-11(15(28)29)31-14(12)13(27)10(26)6-25/h1-5,9-10,12-14,25-27H,6H2,(H,22,30)(H,28,29)/t9-,10?,12+,13?,14+/m0/s1. The van der Waals surface area contributed by atoms with Crippen LogP contribution in [0.1, 0.15) is 6.04 Å². The number of hydrogen-bond acceptors (Lipinski definition) is 8. The van der Waals surface area contributed by atoms with Crippen molar-refractivity contribution in [3.63, 3.8) is 0 Å². The molecule has 0 radical (unpaired) electrons. The number of alkyl halides is 3. The summed E-state index contributed by atoms with van der Waals surface area (Å²) in [7, 11) is 0.